The maximum absolute atomic E-state index is 12.4. The molecule has 7 heteroatoms. The van der Waals surface area contributed by atoms with Crippen LogP contribution in [0.5, 0.6) is 0 Å². The molecule has 1 amide bonds. The Morgan fingerprint density at radius 2 is 2.27 bits per heavy atom. The number of para-hydroxylation sites is 2. The number of likely N-dealkylation sites (tertiary alicyclic amines) is 1. The molecule has 3 heterocycles. The van der Waals surface area contributed by atoms with E-state index in [1.54, 1.807) is 0 Å². The normalized spacial score (nSPS) is 18.7. The number of fused-ring (bicyclic) bond motifs is 1. The van der Waals surface area contributed by atoms with Gasteiger partial charge in [0.2, 0.25) is 0 Å². The standard InChI is InChI=1S/C15H14N4O2S/c20-15(12-8-16-22-18-12)19-7-3-4-10(9-19)14-17-11-5-1-2-6-13(11)21-14/h1-2,5-6,8,10H,3-4,7,9H2. The third-order valence-electron chi connectivity index (χ3n) is 3.95. The molecule has 1 fully saturated rings. The zero-order chi connectivity index (χ0) is 14.9. The Hall–Kier alpha value is -2.28. The van der Waals surface area contributed by atoms with E-state index in [0.29, 0.717) is 12.2 Å². The van der Waals surface area contributed by atoms with Crippen molar-refractivity contribution in [2.24, 2.45) is 0 Å². The summed E-state index contributed by atoms with van der Waals surface area (Å²) >= 11 is 1.05. The lowest BCUT2D eigenvalue weighted by molar-refractivity contribution is 0.0694. The summed E-state index contributed by atoms with van der Waals surface area (Å²) in [6.07, 6.45) is 3.44. The molecule has 1 atom stereocenters. The lowest BCUT2D eigenvalue weighted by atomic mass is 9.98. The fraction of sp³-hybridized carbons (Fsp3) is 0.333. The summed E-state index contributed by atoms with van der Waals surface area (Å²) in [6.45, 7) is 1.36. The number of hydrogen-bond donors (Lipinski definition) is 0. The summed E-state index contributed by atoms with van der Waals surface area (Å²) in [5.41, 5.74) is 2.08. The fourth-order valence-electron chi connectivity index (χ4n) is 2.85. The number of aromatic nitrogens is 3. The molecule has 0 radical (unpaired) electrons. The highest BCUT2D eigenvalue weighted by molar-refractivity contribution is 6.99. The van der Waals surface area contributed by atoms with E-state index in [2.05, 4.69) is 13.7 Å². The van der Waals surface area contributed by atoms with Crippen molar-refractivity contribution in [3.8, 4) is 0 Å². The summed E-state index contributed by atoms with van der Waals surface area (Å²) in [7, 11) is 0. The SMILES string of the molecule is O=C(c1cnsn1)N1CCCC(c2nc3ccccc3o2)C1. The maximum Gasteiger partial charge on any atom is 0.275 e. The van der Waals surface area contributed by atoms with E-state index in [1.165, 1.54) is 6.20 Å². The van der Waals surface area contributed by atoms with Crippen LogP contribution in [-0.2, 0) is 0 Å². The first-order valence-corrected chi connectivity index (χ1v) is 7.96. The predicted octanol–water partition coefficient (Wildman–Crippen LogP) is 2.70. The van der Waals surface area contributed by atoms with Crippen LogP contribution in [-0.4, -0.2) is 37.6 Å². The summed E-state index contributed by atoms with van der Waals surface area (Å²) in [5, 5.41) is 0. The van der Waals surface area contributed by atoms with Crippen LogP contribution in [0.3, 0.4) is 0 Å². The van der Waals surface area contributed by atoms with Crippen molar-refractivity contribution in [1.82, 2.24) is 18.6 Å². The van der Waals surface area contributed by atoms with Crippen LogP contribution >= 0.6 is 11.7 Å². The van der Waals surface area contributed by atoms with Crippen LogP contribution in [0.4, 0.5) is 0 Å². The largest absolute Gasteiger partial charge is 0.440 e. The van der Waals surface area contributed by atoms with Crippen molar-refractivity contribution in [2.75, 3.05) is 13.1 Å². The second-order valence-electron chi connectivity index (χ2n) is 5.40. The Kier molecular flexibility index (Phi) is 3.34. The predicted molar refractivity (Wildman–Crippen MR) is 81.8 cm³/mol. The van der Waals surface area contributed by atoms with E-state index >= 15 is 0 Å². The number of nitrogens with zero attached hydrogens (tertiary/aromatic N) is 4. The van der Waals surface area contributed by atoms with Crippen molar-refractivity contribution in [3.63, 3.8) is 0 Å². The highest BCUT2D eigenvalue weighted by atomic mass is 32.1. The van der Waals surface area contributed by atoms with E-state index < -0.39 is 0 Å². The van der Waals surface area contributed by atoms with Gasteiger partial charge in [-0.25, -0.2) is 4.98 Å². The van der Waals surface area contributed by atoms with Crippen molar-refractivity contribution in [2.45, 2.75) is 18.8 Å². The molecule has 3 aromatic rings. The number of carbonyl (C=O) groups is 1. The van der Waals surface area contributed by atoms with Gasteiger partial charge in [0, 0.05) is 13.1 Å². The van der Waals surface area contributed by atoms with Crippen molar-refractivity contribution < 1.29 is 9.21 Å². The number of carbonyl (C=O) groups excluding carboxylic acids is 1. The second kappa shape index (κ2) is 5.49. The fourth-order valence-corrected chi connectivity index (χ4v) is 3.26. The van der Waals surface area contributed by atoms with Crippen LogP contribution in [0, 0.1) is 0 Å². The van der Waals surface area contributed by atoms with E-state index in [0.717, 1.165) is 48.1 Å². The molecule has 112 valence electrons. The molecule has 1 aromatic carbocycles. The molecule has 4 rings (SSSR count). The van der Waals surface area contributed by atoms with Gasteiger partial charge in [-0.15, -0.1) is 0 Å². The molecule has 0 N–H and O–H groups in total. The summed E-state index contributed by atoms with van der Waals surface area (Å²) in [6, 6.07) is 7.73. The number of oxazole rings is 1. The first-order chi connectivity index (χ1) is 10.8. The second-order valence-corrected chi connectivity index (χ2v) is 5.96. The van der Waals surface area contributed by atoms with Gasteiger partial charge < -0.3 is 9.32 Å². The molecule has 0 bridgehead atoms. The van der Waals surface area contributed by atoms with E-state index in [9.17, 15) is 4.79 Å². The van der Waals surface area contributed by atoms with Gasteiger partial charge in [0.25, 0.3) is 5.91 Å². The van der Waals surface area contributed by atoms with Gasteiger partial charge in [0.1, 0.15) is 5.52 Å². The molecular weight excluding hydrogens is 300 g/mol. The van der Waals surface area contributed by atoms with Crippen molar-refractivity contribution >= 4 is 28.7 Å². The number of hydrogen-bond acceptors (Lipinski definition) is 6. The number of amides is 1. The average Bonchev–Trinajstić information content (AvgIpc) is 3.23. The van der Waals surface area contributed by atoms with Gasteiger partial charge in [-0.05, 0) is 25.0 Å². The molecule has 1 saturated heterocycles. The van der Waals surface area contributed by atoms with E-state index in [-0.39, 0.29) is 11.8 Å². The lowest BCUT2D eigenvalue weighted by Crippen LogP contribution is -2.39. The molecule has 0 spiro atoms. The number of benzene rings is 1. The Morgan fingerprint density at radius 1 is 1.36 bits per heavy atom. The minimum Gasteiger partial charge on any atom is -0.440 e. The Labute approximate surface area is 131 Å². The summed E-state index contributed by atoms with van der Waals surface area (Å²) < 4.78 is 13.8. The Balaban J connectivity index is 1.56. The van der Waals surface area contributed by atoms with Crippen LogP contribution in [0.15, 0.2) is 34.9 Å². The highest BCUT2D eigenvalue weighted by Gasteiger charge is 2.29. The Morgan fingerprint density at radius 3 is 3.09 bits per heavy atom. The molecule has 0 aliphatic carbocycles. The zero-order valence-corrected chi connectivity index (χ0v) is 12.6. The zero-order valence-electron chi connectivity index (χ0n) is 11.8. The molecule has 1 aliphatic heterocycles. The third kappa shape index (κ3) is 2.37. The van der Waals surface area contributed by atoms with Gasteiger partial charge in [-0.1, -0.05) is 12.1 Å². The highest BCUT2D eigenvalue weighted by Crippen LogP contribution is 2.29. The molecule has 0 saturated carbocycles. The molecule has 6 nitrogen and oxygen atoms in total. The molecule has 1 unspecified atom stereocenters. The first-order valence-electron chi connectivity index (χ1n) is 7.23. The topological polar surface area (TPSA) is 72.1 Å². The first kappa shape index (κ1) is 13.4. The minimum absolute atomic E-state index is 0.0606. The average molecular weight is 314 g/mol. The minimum atomic E-state index is -0.0606. The number of rotatable bonds is 2. The van der Waals surface area contributed by atoms with Gasteiger partial charge in [0.15, 0.2) is 17.2 Å². The van der Waals surface area contributed by atoms with Crippen LogP contribution in [0.25, 0.3) is 11.1 Å². The smallest absolute Gasteiger partial charge is 0.275 e. The van der Waals surface area contributed by atoms with E-state index in [1.807, 2.05) is 29.2 Å². The summed E-state index contributed by atoms with van der Waals surface area (Å²) in [4.78, 5) is 18.8. The maximum atomic E-state index is 12.4. The third-order valence-corrected chi connectivity index (χ3v) is 4.43. The molecule has 22 heavy (non-hydrogen) atoms. The van der Waals surface area contributed by atoms with Crippen LogP contribution < -0.4 is 0 Å². The monoisotopic (exact) mass is 314 g/mol. The Bertz CT molecular complexity index is 766. The molecular formula is C15H14N4O2S. The summed E-state index contributed by atoms with van der Waals surface area (Å²) in [5.74, 6) is 0.793. The van der Waals surface area contributed by atoms with Gasteiger partial charge in [-0.2, -0.15) is 8.75 Å². The van der Waals surface area contributed by atoms with Crippen molar-refractivity contribution in [1.29, 1.82) is 0 Å². The molecule has 1 aliphatic rings. The number of piperidine rings is 1. The van der Waals surface area contributed by atoms with E-state index in [4.69, 9.17) is 4.42 Å². The van der Waals surface area contributed by atoms with Crippen LogP contribution in [0.1, 0.15) is 35.1 Å². The quantitative estimate of drug-likeness (QED) is 0.727. The van der Waals surface area contributed by atoms with Crippen molar-refractivity contribution in [3.05, 3.63) is 42.0 Å². The molecule has 2 aromatic heterocycles. The van der Waals surface area contributed by atoms with Gasteiger partial charge in [0.05, 0.1) is 23.8 Å². The van der Waals surface area contributed by atoms with Gasteiger partial charge >= 0.3 is 0 Å². The van der Waals surface area contributed by atoms with Crippen LogP contribution in [0.2, 0.25) is 0 Å². The van der Waals surface area contributed by atoms with Gasteiger partial charge in [-0.3, -0.25) is 4.79 Å². The lowest BCUT2D eigenvalue weighted by Gasteiger charge is -2.30.